The zero-order valence-corrected chi connectivity index (χ0v) is 25.4. The number of benzene rings is 1. The Morgan fingerprint density at radius 1 is 1.26 bits per heavy atom. The quantitative estimate of drug-likeness (QED) is 0.207. The van der Waals surface area contributed by atoms with Gasteiger partial charge in [0.1, 0.15) is 5.82 Å². The van der Waals surface area contributed by atoms with Gasteiger partial charge in [0.25, 0.3) is 0 Å². The summed E-state index contributed by atoms with van der Waals surface area (Å²) in [5.74, 6) is 0.361. The summed E-state index contributed by atoms with van der Waals surface area (Å²) in [6.07, 6.45) is 2.45. The van der Waals surface area contributed by atoms with Crippen LogP contribution in [0.15, 0.2) is 47.5 Å². The molecule has 1 saturated heterocycles. The van der Waals surface area contributed by atoms with Crippen molar-refractivity contribution < 1.29 is 19.0 Å². The molecule has 3 aromatic rings. The Hall–Kier alpha value is -2.75. The number of rotatable bonds is 9. The van der Waals surface area contributed by atoms with E-state index in [4.69, 9.17) is 24.3 Å². The Bertz CT molecular complexity index is 1340. The van der Waals surface area contributed by atoms with E-state index in [2.05, 4.69) is 34.3 Å². The van der Waals surface area contributed by atoms with E-state index in [1.165, 1.54) is 0 Å². The van der Waals surface area contributed by atoms with Gasteiger partial charge in [0.15, 0.2) is 11.8 Å². The Kier molecular flexibility index (Phi) is 8.83. The minimum Gasteiger partial charge on any atom is -0.464 e. The number of aromatic nitrogens is 3. The van der Waals surface area contributed by atoms with Crippen molar-refractivity contribution in [2.24, 2.45) is 0 Å². The van der Waals surface area contributed by atoms with Gasteiger partial charge < -0.3 is 19.1 Å². The van der Waals surface area contributed by atoms with Gasteiger partial charge in [-0.3, -0.25) is 0 Å². The third-order valence-corrected chi connectivity index (χ3v) is 7.32. The number of halogens is 1. The summed E-state index contributed by atoms with van der Waals surface area (Å²) in [6.45, 7) is 17.7. The number of hydrogen-bond donors (Lipinski definition) is 0. The Labute approximate surface area is 239 Å². The first-order valence-electron chi connectivity index (χ1n) is 13.4. The van der Waals surface area contributed by atoms with Crippen molar-refractivity contribution in [2.45, 2.75) is 71.7 Å². The molecule has 0 aliphatic carbocycles. The molecule has 39 heavy (non-hydrogen) atoms. The maximum atomic E-state index is 13.4. The zero-order valence-electron chi connectivity index (χ0n) is 23.8. The van der Waals surface area contributed by atoms with Crippen LogP contribution >= 0.6 is 15.9 Å². The molecular formula is C30H39BrN4O4. The summed E-state index contributed by atoms with van der Waals surface area (Å²) in [6, 6.07) is 10.00. The number of ether oxygens (including phenoxy) is 3. The highest BCUT2D eigenvalue weighted by molar-refractivity contribution is 9.10. The maximum absolute atomic E-state index is 13.4. The average Bonchev–Trinajstić information content (AvgIpc) is 3.29. The standard InChI is InChI=1S/C30H39BrN4O4/c1-8-17-38-30(7)13-15-34(16-14-30)27-25(26(28(36)37-9-2)39-29(4,5)6)20(3)32-24-19-23(33-35(24)27)21-11-10-12-22(31)18-21/h8,10-12,18-19,26H,1,9,13-17H2,2-7H3/t26-/m0/s1. The molecule has 9 heteroatoms. The molecule has 1 aliphatic heterocycles. The number of hydrogen-bond acceptors (Lipinski definition) is 7. The molecular weight excluding hydrogens is 560 g/mol. The van der Waals surface area contributed by atoms with Crippen molar-refractivity contribution >= 4 is 33.4 Å². The Morgan fingerprint density at radius 3 is 2.59 bits per heavy atom. The second-order valence-electron chi connectivity index (χ2n) is 11.1. The van der Waals surface area contributed by atoms with Crippen molar-refractivity contribution in [1.82, 2.24) is 14.6 Å². The van der Waals surface area contributed by atoms with Crippen LogP contribution in [0.1, 0.15) is 64.8 Å². The number of anilines is 1. The fourth-order valence-corrected chi connectivity index (χ4v) is 5.31. The van der Waals surface area contributed by atoms with E-state index in [1.807, 2.05) is 62.5 Å². The SMILES string of the molecule is C=CCOC1(C)CCN(c2c([C@H](OC(C)(C)C)C(=O)OCC)c(C)nc3cc(-c4cccc(Br)c4)nn23)CC1. The highest BCUT2D eigenvalue weighted by atomic mass is 79.9. The average molecular weight is 600 g/mol. The normalized spacial score (nSPS) is 16.3. The molecule has 1 fully saturated rings. The molecule has 0 amide bonds. The van der Waals surface area contributed by atoms with E-state index in [0.717, 1.165) is 47.5 Å². The summed E-state index contributed by atoms with van der Waals surface area (Å²) in [4.78, 5) is 20.5. The number of esters is 1. The summed E-state index contributed by atoms with van der Waals surface area (Å²) in [5.41, 5.74) is 3.00. The summed E-state index contributed by atoms with van der Waals surface area (Å²) >= 11 is 3.57. The fourth-order valence-electron chi connectivity index (χ4n) is 4.91. The molecule has 1 aliphatic rings. The van der Waals surface area contributed by atoms with Crippen molar-refractivity contribution in [3.63, 3.8) is 0 Å². The smallest absolute Gasteiger partial charge is 0.340 e. The lowest BCUT2D eigenvalue weighted by Crippen LogP contribution is -2.45. The van der Waals surface area contributed by atoms with E-state index >= 15 is 0 Å². The number of piperidine rings is 1. The van der Waals surface area contributed by atoms with Crippen LogP contribution in [0, 0.1) is 6.92 Å². The number of nitrogens with zero attached hydrogens (tertiary/aromatic N) is 4. The second-order valence-corrected chi connectivity index (χ2v) is 12.1. The van der Waals surface area contributed by atoms with Gasteiger partial charge in [0, 0.05) is 34.9 Å². The van der Waals surface area contributed by atoms with Gasteiger partial charge in [-0.05, 0) is 66.5 Å². The van der Waals surface area contributed by atoms with E-state index in [9.17, 15) is 4.79 Å². The molecule has 0 bridgehead atoms. The van der Waals surface area contributed by atoms with Crippen molar-refractivity contribution in [1.29, 1.82) is 0 Å². The number of aryl methyl sites for hydroxylation is 1. The van der Waals surface area contributed by atoms with Gasteiger partial charge in [-0.2, -0.15) is 9.61 Å². The summed E-state index contributed by atoms with van der Waals surface area (Å²) in [7, 11) is 0. The third kappa shape index (κ3) is 6.70. The molecule has 1 aromatic carbocycles. The first-order valence-corrected chi connectivity index (χ1v) is 14.2. The number of carbonyl (C=O) groups excluding carboxylic acids is 1. The van der Waals surface area contributed by atoms with Gasteiger partial charge in [-0.1, -0.05) is 34.1 Å². The lowest BCUT2D eigenvalue weighted by Gasteiger charge is -2.41. The van der Waals surface area contributed by atoms with Crippen LogP contribution in [0.5, 0.6) is 0 Å². The largest absolute Gasteiger partial charge is 0.464 e. The molecule has 0 N–H and O–H groups in total. The predicted molar refractivity (Wildman–Crippen MR) is 157 cm³/mol. The molecule has 3 heterocycles. The molecule has 1 atom stereocenters. The number of fused-ring (bicyclic) bond motifs is 1. The Morgan fingerprint density at radius 2 is 1.97 bits per heavy atom. The number of carbonyl (C=O) groups is 1. The zero-order chi connectivity index (χ0) is 28.4. The molecule has 2 aromatic heterocycles. The minimum atomic E-state index is -0.958. The first kappa shape index (κ1) is 29.2. The topological polar surface area (TPSA) is 78.2 Å². The molecule has 0 radical (unpaired) electrons. The summed E-state index contributed by atoms with van der Waals surface area (Å²) < 4.78 is 20.8. The molecule has 8 nitrogen and oxygen atoms in total. The molecule has 4 rings (SSSR count). The highest BCUT2D eigenvalue weighted by Crippen LogP contribution is 2.38. The van der Waals surface area contributed by atoms with E-state index in [1.54, 1.807) is 13.0 Å². The maximum Gasteiger partial charge on any atom is 0.340 e. The lowest BCUT2D eigenvalue weighted by molar-refractivity contribution is -0.166. The van der Waals surface area contributed by atoms with Crippen LogP contribution in [0.25, 0.3) is 16.9 Å². The molecule has 0 saturated carbocycles. The molecule has 210 valence electrons. The predicted octanol–water partition coefficient (Wildman–Crippen LogP) is 6.45. The fraction of sp³-hybridized carbons (Fsp3) is 0.500. The van der Waals surface area contributed by atoms with Crippen molar-refractivity contribution in [3.05, 3.63) is 58.7 Å². The lowest BCUT2D eigenvalue weighted by atomic mass is 9.92. The van der Waals surface area contributed by atoms with Gasteiger partial charge in [-0.25, -0.2) is 9.78 Å². The van der Waals surface area contributed by atoms with Gasteiger partial charge in [0.05, 0.1) is 35.7 Å². The van der Waals surface area contributed by atoms with Crippen molar-refractivity contribution in [3.8, 4) is 11.3 Å². The second kappa shape index (κ2) is 11.8. The molecule has 0 spiro atoms. The van der Waals surface area contributed by atoms with E-state index in [0.29, 0.717) is 23.5 Å². The van der Waals surface area contributed by atoms with Crippen LogP contribution in [0.4, 0.5) is 5.82 Å². The minimum absolute atomic E-state index is 0.250. The van der Waals surface area contributed by atoms with Crippen LogP contribution in [-0.2, 0) is 19.0 Å². The van der Waals surface area contributed by atoms with E-state index in [-0.39, 0.29) is 12.2 Å². The Balaban J connectivity index is 1.89. The summed E-state index contributed by atoms with van der Waals surface area (Å²) in [5, 5.41) is 5.01. The van der Waals surface area contributed by atoms with Gasteiger partial charge >= 0.3 is 5.97 Å². The third-order valence-electron chi connectivity index (χ3n) is 6.83. The van der Waals surface area contributed by atoms with Gasteiger partial charge in [-0.15, -0.1) is 6.58 Å². The first-order chi connectivity index (χ1) is 18.4. The van der Waals surface area contributed by atoms with Crippen molar-refractivity contribution in [2.75, 3.05) is 31.2 Å². The van der Waals surface area contributed by atoms with Gasteiger partial charge in [0.2, 0.25) is 0 Å². The van der Waals surface area contributed by atoms with Crippen LogP contribution in [0.3, 0.4) is 0 Å². The monoisotopic (exact) mass is 598 g/mol. The van der Waals surface area contributed by atoms with Crippen LogP contribution in [0.2, 0.25) is 0 Å². The van der Waals surface area contributed by atoms with Crippen LogP contribution < -0.4 is 4.90 Å². The van der Waals surface area contributed by atoms with Crippen LogP contribution in [-0.4, -0.2) is 58.1 Å². The molecule has 0 unspecified atom stereocenters. The highest BCUT2D eigenvalue weighted by Gasteiger charge is 2.38. The van der Waals surface area contributed by atoms with E-state index < -0.39 is 17.7 Å².